The van der Waals surface area contributed by atoms with Crippen molar-refractivity contribution in [2.45, 2.75) is 6.61 Å². The summed E-state index contributed by atoms with van der Waals surface area (Å²) >= 11 is 11.8. The van der Waals surface area contributed by atoms with E-state index in [-0.39, 0.29) is 0 Å². The molecule has 0 spiro atoms. The lowest BCUT2D eigenvalue weighted by Crippen LogP contribution is -2.05. The van der Waals surface area contributed by atoms with E-state index in [0.29, 0.717) is 22.4 Å². The van der Waals surface area contributed by atoms with Crippen LogP contribution in [0.5, 0.6) is 5.75 Å². The molecule has 2 aromatic carbocycles. The number of primary amides is 1. The van der Waals surface area contributed by atoms with Crippen molar-refractivity contribution in [3.05, 3.63) is 69.7 Å². The van der Waals surface area contributed by atoms with Gasteiger partial charge in [0, 0.05) is 6.08 Å². The number of hydrogen-bond donors (Lipinski definition) is 1. The van der Waals surface area contributed by atoms with Crippen molar-refractivity contribution in [3.63, 3.8) is 0 Å². The molecule has 108 valence electrons. The van der Waals surface area contributed by atoms with E-state index in [9.17, 15) is 4.79 Å². The standard InChI is InChI=1S/C16H13Cl2NO2/c17-14-6-4-12(9-15(14)18)10-21-13-3-1-2-11(8-13)5-7-16(19)20/h1-9H,10H2,(H2,19,20). The molecule has 2 N–H and O–H groups in total. The second-order valence-electron chi connectivity index (χ2n) is 4.35. The lowest BCUT2D eigenvalue weighted by Gasteiger charge is -2.08. The van der Waals surface area contributed by atoms with E-state index in [4.69, 9.17) is 33.7 Å². The van der Waals surface area contributed by atoms with Crippen LogP contribution in [-0.4, -0.2) is 5.91 Å². The Kier molecular flexibility index (Phi) is 5.26. The molecule has 0 aliphatic carbocycles. The van der Waals surface area contributed by atoms with Gasteiger partial charge in [-0.25, -0.2) is 0 Å². The second kappa shape index (κ2) is 7.16. The second-order valence-corrected chi connectivity index (χ2v) is 5.16. The number of nitrogens with two attached hydrogens (primary N) is 1. The maximum atomic E-state index is 10.7. The lowest BCUT2D eigenvalue weighted by molar-refractivity contribution is -0.113. The van der Waals surface area contributed by atoms with Crippen LogP contribution in [0.1, 0.15) is 11.1 Å². The maximum absolute atomic E-state index is 10.7. The number of rotatable bonds is 5. The van der Waals surface area contributed by atoms with Gasteiger partial charge in [0.2, 0.25) is 5.91 Å². The fourth-order valence-electron chi connectivity index (χ4n) is 1.68. The van der Waals surface area contributed by atoms with Crippen molar-refractivity contribution in [1.29, 1.82) is 0 Å². The van der Waals surface area contributed by atoms with Gasteiger partial charge in [-0.1, -0.05) is 41.4 Å². The first-order chi connectivity index (χ1) is 10.0. The maximum Gasteiger partial charge on any atom is 0.241 e. The SMILES string of the molecule is NC(=O)C=Cc1cccc(OCc2ccc(Cl)c(Cl)c2)c1. The average molecular weight is 322 g/mol. The minimum absolute atomic E-state index is 0.375. The third kappa shape index (κ3) is 4.81. The largest absolute Gasteiger partial charge is 0.489 e. The van der Waals surface area contributed by atoms with Crippen molar-refractivity contribution in [2.75, 3.05) is 0 Å². The summed E-state index contributed by atoms with van der Waals surface area (Å²) in [4.78, 5) is 10.7. The van der Waals surface area contributed by atoms with Crippen molar-refractivity contribution in [1.82, 2.24) is 0 Å². The summed E-state index contributed by atoms with van der Waals surface area (Å²) in [6.07, 6.45) is 2.94. The zero-order valence-electron chi connectivity index (χ0n) is 11.1. The molecule has 0 aliphatic rings. The van der Waals surface area contributed by atoms with Gasteiger partial charge >= 0.3 is 0 Å². The van der Waals surface area contributed by atoms with Crippen LogP contribution in [0.15, 0.2) is 48.5 Å². The first-order valence-corrected chi connectivity index (χ1v) is 6.94. The summed E-state index contributed by atoms with van der Waals surface area (Å²) in [5, 5.41) is 1.01. The molecule has 0 radical (unpaired) electrons. The average Bonchev–Trinajstić information content (AvgIpc) is 2.47. The van der Waals surface area contributed by atoms with E-state index in [1.165, 1.54) is 6.08 Å². The first kappa shape index (κ1) is 15.4. The normalized spacial score (nSPS) is 10.8. The number of hydrogen-bond acceptors (Lipinski definition) is 2. The molecule has 0 unspecified atom stereocenters. The van der Waals surface area contributed by atoms with E-state index in [1.807, 2.05) is 30.3 Å². The quantitative estimate of drug-likeness (QED) is 0.844. The highest BCUT2D eigenvalue weighted by Crippen LogP contribution is 2.23. The van der Waals surface area contributed by atoms with Crippen LogP contribution < -0.4 is 10.5 Å². The number of halogens is 2. The van der Waals surface area contributed by atoms with Crippen LogP contribution in [0.3, 0.4) is 0 Å². The van der Waals surface area contributed by atoms with E-state index < -0.39 is 5.91 Å². The molecule has 1 amide bonds. The molecule has 5 heteroatoms. The van der Waals surface area contributed by atoms with Crippen LogP contribution in [-0.2, 0) is 11.4 Å². The topological polar surface area (TPSA) is 52.3 Å². The van der Waals surface area contributed by atoms with E-state index >= 15 is 0 Å². The fourth-order valence-corrected chi connectivity index (χ4v) is 2.00. The molecule has 2 rings (SSSR count). The molecule has 21 heavy (non-hydrogen) atoms. The summed E-state index contributed by atoms with van der Waals surface area (Å²) < 4.78 is 5.68. The predicted octanol–water partition coefficient (Wildman–Crippen LogP) is 4.07. The number of carbonyl (C=O) groups is 1. The molecular weight excluding hydrogens is 309 g/mol. The number of amides is 1. The Bertz CT molecular complexity index is 684. The van der Waals surface area contributed by atoms with Gasteiger partial charge in [-0.2, -0.15) is 0 Å². The van der Waals surface area contributed by atoms with Crippen molar-refractivity contribution in [2.24, 2.45) is 5.73 Å². The molecule has 0 atom stereocenters. The van der Waals surface area contributed by atoms with Crippen LogP contribution in [0.2, 0.25) is 10.0 Å². The molecule has 0 saturated carbocycles. The monoisotopic (exact) mass is 321 g/mol. The van der Waals surface area contributed by atoms with Crippen LogP contribution >= 0.6 is 23.2 Å². The summed E-state index contributed by atoms with van der Waals surface area (Å²) in [5.41, 5.74) is 6.81. The van der Waals surface area contributed by atoms with Gasteiger partial charge in [0.1, 0.15) is 12.4 Å². The highest BCUT2D eigenvalue weighted by molar-refractivity contribution is 6.42. The molecule has 3 nitrogen and oxygen atoms in total. The zero-order valence-corrected chi connectivity index (χ0v) is 12.6. The fraction of sp³-hybridized carbons (Fsp3) is 0.0625. The van der Waals surface area contributed by atoms with Gasteiger partial charge < -0.3 is 10.5 Å². The van der Waals surface area contributed by atoms with Gasteiger partial charge in [-0.05, 0) is 41.5 Å². The van der Waals surface area contributed by atoms with Gasteiger partial charge in [0.25, 0.3) is 0 Å². The van der Waals surface area contributed by atoms with Gasteiger partial charge in [-0.3, -0.25) is 4.79 Å². The van der Waals surface area contributed by atoms with Crippen LogP contribution in [0.4, 0.5) is 0 Å². The Morgan fingerprint density at radius 3 is 2.67 bits per heavy atom. The summed E-state index contributed by atoms with van der Waals surface area (Å²) in [6.45, 7) is 0.375. The molecule has 0 bridgehead atoms. The molecule has 0 aliphatic heterocycles. The van der Waals surface area contributed by atoms with Crippen molar-refractivity contribution >= 4 is 35.2 Å². The van der Waals surface area contributed by atoms with Gasteiger partial charge in [0.15, 0.2) is 0 Å². The highest BCUT2D eigenvalue weighted by Gasteiger charge is 2.01. The molecular formula is C16H13Cl2NO2. The summed E-state index contributed by atoms with van der Waals surface area (Å²) in [6, 6.07) is 12.7. The molecule has 0 aromatic heterocycles. The van der Waals surface area contributed by atoms with Gasteiger partial charge in [0.05, 0.1) is 10.0 Å². The number of ether oxygens (including phenoxy) is 1. The van der Waals surface area contributed by atoms with E-state index in [1.54, 1.807) is 18.2 Å². The van der Waals surface area contributed by atoms with E-state index in [0.717, 1.165) is 11.1 Å². The van der Waals surface area contributed by atoms with Crippen LogP contribution in [0, 0.1) is 0 Å². The van der Waals surface area contributed by atoms with E-state index in [2.05, 4.69) is 0 Å². The summed E-state index contributed by atoms with van der Waals surface area (Å²) in [5.74, 6) is 0.199. The Labute approximate surface area is 132 Å². The Morgan fingerprint density at radius 2 is 1.95 bits per heavy atom. The zero-order chi connectivity index (χ0) is 15.2. The molecule has 2 aromatic rings. The third-order valence-corrected chi connectivity index (χ3v) is 3.43. The van der Waals surface area contributed by atoms with Crippen molar-refractivity contribution < 1.29 is 9.53 Å². The Balaban J connectivity index is 2.04. The van der Waals surface area contributed by atoms with Gasteiger partial charge in [-0.15, -0.1) is 0 Å². The summed E-state index contributed by atoms with van der Waals surface area (Å²) in [7, 11) is 0. The number of carbonyl (C=O) groups excluding carboxylic acids is 1. The highest BCUT2D eigenvalue weighted by atomic mass is 35.5. The minimum atomic E-state index is -0.489. The molecule has 0 fully saturated rings. The minimum Gasteiger partial charge on any atom is -0.489 e. The Morgan fingerprint density at radius 1 is 1.14 bits per heavy atom. The van der Waals surface area contributed by atoms with Crippen molar-refractivity contribution in [3.8, 4) is 5.75 Å². The Hall–Kier alpha value is -1.97. The molecule has 0 saturated heterocycles. The molecule has 0 heterocycles. The first-order valence-electron chi connectivity index (χ1n) is 6.19. The van der Waals surface area contributed by atoms with Crippen LogP contribution in [0.25, 0.3) is 6.08 Å². The smallest absolute Gasteiger partial charge is 0.241 e. The number of benzene rings is 2. The predicted molar refractivity (Wildman–Crippen MR) is 85.5 cm³/mol. The lowest BCUT2D eigenvalue weighted by atomic mass is 10.2. The third-order valence-electron chi connectivity index (χ3n) is 2.69.